The predicted octanol–water partition coefficient (Wildman–Crippen LogP) is 4.20. The first-order valence-corrected chi connectivity index (χ1v) is 8.36. The third kappa shape index (κ3) is 2.90. The zero-order valence-electron chi connectivity index (χ0n) is 14.1. The second-order valence-corrected chi connectivity index (χ2v) is 6.09. The predicted molar refractivity (Wildman–Crippen MR) is 99.9 cm³/mol. The van der Waals surface area contributed by atoms with Gasteiger partial charge in [0.1, 0.15) is 5.69 Å². The molecule has 3 nitrogen and oxygen atoms in total. The number of benzene rings is 2. The largest absolute Gasteiger partial charge is 0.338 e. The molecule has 0 spiro atoms. The van der Waals surface area contributed by atoms with Crippen LogP contribution in [0.1, 0.15) is 25.3 Å². The van der Waals surface area contributed by atoms with Gasteiger partial charge in [-0.05, 0) is 31.0 Å². The Morgan fingerprint density at radius 2 is 1.54 bits per heavy atom. The van der Waals surface area contributed by atoms with Crippen LogP contribution in [-0.2, 0) is 0 Å². The molecule has 0 saturated carbocycles. The minimum atomic E-state index is -0.384. The third-order valence-corrected chi connectivity index (χ3v) is 4.30. The number of aryl methyl sites for hydroxylation is 1. The highest BCUT2D eigenvalue weighted by atomic mass is 16.2. The maximum Gasteiger partial charge on any atom is 0.250 e. The molecule has 3 aromatic rings. The molecule has 0 aliphatic carbocycles. The minimum absolute atomic E-state index is 0.383. The summed E-state index contributed by atoms with van der Waals surface area (Å²) < 4.78 is 0. The molecule has 0 aliphatic rings. The van der Waals surface area contributed by atoms with E-state index in [2.05, 4.69) is 6.92 Å². The van der Waals surface area contributed by atoms with Crippen LogP contribution in [0.15, 0.2) is 64.2 Å². The second kappa shape index (κ2) is 6.83. The molecule has 0 N–H and O–H groups in total. The van der Waals surface area contributed by atoms with Gasteiger partial charge in [-0.3, -0.25) is 9.59 Å². The zero-order valence-corrected chi connectivity index (χ0v) is 14.1. The van der Waals surface area contributed by atoms with Gasteiger partial charge in [-0.1, -0.05) is 61.4 Å². The van der Waals surface area contributed by atoms with Gasteiger partial charge in [0.15, 0.2) is 0 Å². The molecule has 3 rings (SSSR count). The lowest BCUT2D eigenvalue weighted by atomic mass is 9.96. The van der Waals surface area contributed by atoms with E-state index < -0.39 is 0 Å². The normalized spacial score (nSPS) is 10.9. The molecule has 0 radical (unpaired) electrons. The molecular weight excluding hydrogens is 298 g/mol. The first-order valence-electron chi connectivity index (χ1n) is 8.36. The molecule has 0 bridgehead atoms. The van der Waals surface area contributed by atoms with Crippen molar-refractivity contribution in [1.82, 2.24) is 0 Å². The maximum absolute atomic E-state index is 12.3. The van der Waals surface area contributed by atoms with Gasteiger partial charge in [0.05, 0.1) is 5.56 Å². The molecule has 0 fully saturated rings. The molecule has 122 valence electrons. The fourth-order valence-electron chi connectivity index (χ4n) is 2.92. The SMILES string of the molecule is CCCCN(c1ccccc1)c1c(-c2ccc(C)cc2)c(=O)c1=O. The van der Waals surface area contributed by atoms with E-state index in [0.717, 1.165) is 36.2 Å². The van der Waals surface area contributed by atoms with Crippen molar-refractivity contribution in [3.8, 4) is 11.1 Å². The van der Waals surface area contributed by atoms with Crippen LogP contribution in [0, 0.1) is 6.92 Å². The highest BCUT2D eigenvalue weighted by molar-refractivity contribution is 5.86. The number of para-hydroxylation sites is 1. The molecule has 0 saturated heterocycles. The second-order valence-electron chi connectivity index (χ2n) is 6.09. The Labute approximate surface area is 141 Å². The topological polar surface area (TPSA) is 37.4 Å². The van der Waals surface area contributed by atoms with E-state index >= 15 is 0 Å². The summed E-state index contributed by atoms with van der Waals surface area (Å²) in [6, 6.07) is 17.6. The Balaban J connectivity index is 2.09. The summed E-state index contributed by atoms with van der Waals surface area (Å²) in [6.07, 6.45) is 1.99. The fourth-order valence-corrected chi connectivity index (χ4v) is 2.92. The molecule has 0 aliphatic heterocycles. The highest BCUT2D eigenvalue weighted by Gasteiger charge is 2.27. The molecule has 24 heavy (non-hydrogen) atoms. The highest BCUT2D eigenvalue weighted by Crippen LogP contribution is 2.32. The summed E-state index contributed by atoms with van der Waals surface area (Å²) in [5.74, 6) is 0. The summed E-state index contributed by atoms with van der Waals surface area (Å²) in [6.45, 7) is 4.85. The van der Waals surface area contributed by atoms with Crippen molar-refractivity contribution in [1.29, 1.82) is 0 Å². The number of hydrogen-bond donors (Lipinski definition) is 0. The van der Waals surface area contributed by atoms with Crippen LogP contribution in [0.25, 0.3) is 11.1 Å². The van der Waals surface area contributed by atoms with E-state index in [0.29, 0.717) is 11.3 Å². The number of rotatable bonds is 6. The van der Waals surface area contributed by atoms with Crippen molar-refractivity contribution in [2.75, 3.05) is 11.4 Å². The molecular formula is C21H21NO2. The average molecular weight is 319 g/mol. The van der Waals surface area contributed by atoms with Crippen LogP contribution in [0.5, 0.6) is 0 Å². The lowest BCUT2D eigenvalue weighted by Gasteiger charge is -2.27. The van der Waals surface area contributed by atoms with Crippen molar-refractivity contribution >= 4 is 11.4 Å². The van der Waals surface area contributed by atoms with E-state index in [1.54, 1.807) is 0 Å². The monoisotopic (exact) mass is 319 g/mol. The van der Waals surface area contributed by atoms with Crippen LogP contribution in [0.2, 0.25) is 0 Å². The van der Waals surface area contributed by atoms with E-state index in [1.807, 2.05) is 66.4 Å². The summed E-state index contributed by atoms with van der Waals surface area (Å²) in [5.41, 5.74) is 3.20. The Bertz CT molecular complexity index is 888. The van der Waals surface area contributed by atoms with Gasteiger partial charge in [-0.2, -0.15) is 0 Å². The summed E-state index contributed by atoms with van der Waals surface area (Å²) in [4.78, 5) is 26.6. The number of unbranched alkanes of at least 4 members (excludes halogenated alkanes) is 1. The summed E-state index contributed by atoms with van der Waals surface area (Å²) in [5, 5.41) is 0. The van der Waals surface area contributed by atoms with Crippen LogP contribution < -0.4 is 15.8 Å². The van der Waals surface area contributed by atoms with Gasteiger partial charge in [-0.25, -0.2) is 0 Å². The van der Waals surface area contributed by atoms with Crippen LogP contribution in [-0.4, -0.2) is 6.54 Å². The van der Waals surface area contributed by atoms with Crippen LogP contribution in [0.3, 0.4) is 0 Å². The lowest BCUT2D eigenvalue weighted by Crippen LogP contribution is -2.40. The number of anilines is 2. The zero-order chi connectivity index (χ0) is 17.1. The maximum atomic E-state index is 12.3. The molecule has 3 aromatic carbocycles. The number of nitrogens with zero attached hydrogens (tertiary/aromatic N) is 1. The van der Waals surface area contributed by atoms with Gasteiger partial charge in [0.25, 0.3) is 5.43 Å². The fraction of sp³-hybridized carbons (Fsp3) is 0.238. The van der Waals surface area contributed by atoms with Gasteiger partial charge >= 0.3 is 0 Å². The van der Waals surface area contributed by atoms with E-state index in [1.165, 1.54) is 0 Å². The van der Waals surface area contributed by atoms with Crippen molar-refractivity contribution in [2.45, 2.75) is 26.7 Å². The molecule has 0 aromatic heterocycles. The van der Waals surface area contributed by atoms with Crippen LogP contribution in [0.4, 0.5) is 11.4 Å². The number of hydrogen-bond acceptors (Lipinski definition) is 3. The minimum Gasteiger partial charge on any atom is -0.338 e. The van der Waals surface area contributed by atoms with Gasteiger partial charge in [-0.15, -0.1) is 0 Å². The van der Waals surface area contributed by atoms with Crippen molar-refractivity contribution in [3.63, 3.8) is 0 Å². The molecule has 0 unspecified atom stereocenters. The van der Waals surface area contributed by atoms with Crippen molar-refractivity contribution in [2.24, 2.45) is 0 Å². The average Bonchev–Trinajstić information content (AvgIpc) is 2.62. The van der Waals surface area contributed by atoms with E-state index in [9.17, 15) is 9.59 Å². The van der Waals surface area contributed by atoms with Crippen LogP contribution >= 0.6 is 0 Å². The molecule has 0 heterocycles. The van der Waals surface area contributed by atoms with Crippen molar-refractivity contribution < 1.29 is 0 Å². The summed E-state index contributed by atoms with van der Waals surface area (Å²) in [7, 11) is 0. The smallest absolute Gasteiger partial charge is 0.250 e. The molecule has 3 heteroatoms. The first-order chi connectivity index (χ1) is 11.6. The summed E-state index contributed by atoms with van der Waals surface area (Å²) >= 11 is 0. The quantitative estimate of drug-likeness (QED) is 0.639. The third-order valence-electron chi connectivity index (χ3n) is 4.30. The standard InChI is InChI=1S/C21H21NO2/c1-3-4-14-22(17-8-6-5-7-9-17)19-18(20(23)21(19)24)16-12-10-15(2)11-13-16/h5-13H,3-4,14H2,1-2H3. The van der Waals surface area contributed by atoms with E-state index in [-0.39, 0.29) is 10.9 Å². The molecule has 0 atom stereocenters. The van der Waals surface area contributed by atoms with Crippen molar-refractivity contribution in [3.05, 3.63) is 80.6 Å². The first kappa shape index (κ1) is 16.2. The lowest BCUT2D eigenvalue weighted by molar-refractivity contribution is 0.783. The van der Waals surface area contributed by atoms with E-state index in [4.69, 9.17) is 0 Å². The Hall–Kier alpha value is -2.68. The van der Waals surface area contributed by atoms with Gasteiger partial charge in [0, 0.05) is 12.2 Å². The molecule has 0 amide bonds. The Morgan fingerprint density at radius 1 is 0.875 bits per heavy atom. The Morgan fingerprint density at radius 3 is 2.17 bits per heavy atom. The van der Waals surface area contributed by atoms with Gasteiger partial charge in [0.2, 0.25) is 5.43 Å². The van der Waals surface area contributed by atoms with Gasteiger partial charge < -0.3 is 4.90 Å². The Kier molecular flexibility index (Phi) is 4.61.